The topological polar surface area (TPSA) is 27.7 Å². The molecule has 0 unspecified atom stereocenters. The Labute approximate surface area is 123 Å². The normalized spacial score (nSPS) is 11.2. The van der Waals surface area contributed by atoms with E-state index in [0.717, 1.165) is 32.3 Å². The van der Waals surface area contributed by atoms with Gasteiger partial charge in [0.1, 0.15) is 5.82 Å². The molecule has 0 saturated carbocycles. The molecule has 1 aromatic carbocycles. The van der Waals surface area contributed by atoms with Crippen molar-refractivity contribution in [3.05, 3.63) is 35.6 Å². The van der Waals surface area contributed by atoms with Crippen molar-refractivity contribution in [3.8, 4) is 0 Å². The smallest absolute Gasteiger partial charge is 0.379 e. The molecule has 0 N–H and O–H groups in total. The van der Waals surface area contributed by atoms with Crippen molar-refractivity contribution in [2.75, 3.05) is 20.8 Å². The summed E-state index contributed by atoms with van der Waals surface area (Å²) in [6.45, 7) is 0.719. The monoisotopic (exact) mass is 300 g/mol. The molecule has 0 atom stereocenters. The van der Waals surface area contributed by atoms with E-state index in [0.29, 0.717) is 0 Å². The lowest BCUT2D eigenvalue weighted by Crippen LogP contribution is -2.24. The standard InChI is InChI=1S/C15H25FO3Si/c1-17-20(18-2)19-13-7-5-3-4-6-8-14-9-11-15(16)12-10-14/h9-12,20H,3-8,13H2,1-2H3. The van der Waals surface area contributed by atoms with E-state index >= 15 is 0 Å². The average Bonchev–Trinajstić information content (AvgIpc) is 2.48. The first kappa shape index (κ1) is 17.3. The summed E-state index contributed by atoms with van der Waals surface area (Å²) in [5.41, 5.74) is 1.21. The fourth-order valence-electron chi connectivity index (χ4n) is 2.02. The quantitative estimate of drug-likeness (QED) is 0.463. The molecule has 0 aliphatic heterocycles. The Morgan fingerprint density at radius 3 is 2.15 bits per heavy atom. The van der Waals surface area contributed by atoms with E-state index in [1.807, 2.05) is 12.1 Å². The number of hydrogen-bond acceptors (Lipinski definition) is 3. The van der Waals surface area contributed by atoms with Crippen LogP contribution in [0, 0.1) is 5.82 Å². The molecule has 114 valence electrons. The summed E-state index contributed by atoms with van der Waals surface area (Å²) in [5, 5.41) is 0. The van der Waals surface area contributed by atoms with Crippen molar-refractivity contribution in [3.63, 3.8) is 0 Å². The minimum absolute atomic E-state index is 0.164. The molecule has 0 aliphatic carbocycles. The highest BCUT2D eigenvalue weighted by atomic mass is 28.3. The van der Waals surface area contributed by atoms with Gasteiger partial charge < -0.3 is 13.3 Å². The Morgan fingerprint density at radius 2 is 1.50 bits per heavy atom. The van der Waals surface area contributed by atoms with Crippen LogP contribution in [-0.4, -0.2) is 30.4 Å². The van der Waals surface area contributed by atoms with E-state index < -0.39 is 9.53 Å². The summed E-state index contributed by atoms with van der Waals surface area (Å²) in [4.78, 5) is 0. The van der Waals surface area contributed by atoms with E-state index in [-0.39, 0.29) is 5.82 Å². The largest absolute Gasteiger partial charge is 0.483 e. The van der Waals surface area contributed by atoms with E-state index in [1.54, 1.807) is 14.2 Å². The number of halogens is 1. The SMILES string of the molecule is CO[SiH](OC)OCCCCCCCc1ccc(F)cc1. The Balaban J connectivity index is 1.93. The first-order chi connectivity index (χ1) is 9.76. The zero-order chi connectivity index (χ0) is 14.6. The van der Waals surface area contributed by atoms with Crippen LogP contribution in [0.25, 0.3) is 0 Å². The van der Waals surface area contributed by atoms with Crippen LogP contribution in [0.4, 0.5) is 4.39 Å². The van der Waals surface area contributed by atoms with Gasteiger partial charge in [-0.2, -0.15) is 0 Å². The van der Waals surface area contributed by atoms with Crippen LogP contribution in [0.15, 0.2) is 24.3 Å². The summed E-state index contributed by atoms with van der Waals surface area (Å²) in [6, 6.07) is 6.78. The van der Waals surface area contributed by atoms with Crippen LogP contribution in [0.1, 0.15) is 37.7 Å². The fourth-order valence-corrected chi connectivity index (χ4v) is 2.85. The maximum absolute atomic E-state index is 12.7. The molecule has 0 heterocycles. The van der Waals surface area contributed by atoms with Crippen molar-refractivity contribution >= 4 is 9.53 Å². The molecule has 1 rings (SSSR count). The average molecular weight is 300 g/mol. The molecule has 0 amide bonds. The predicted molar refractivity (Wildman–Crippen MR) is 80.3 cm³/mol. The highest BCUT2D eigenvalue weighted by Gasteiger charge is 2.09. The zero-order valence-corrected chi connectivity index (χ0v) is 13.6. The van der Waals surface area contributed by atoms with Gasteiger partial charge in [-0.15, -0.1) is 0 Å². The van der Waals surface area contributed by atoms with Crippen molar-refractivity contribution < 1.29 is 17.7 Å². The molecule has 0 aromatic heterocycles. The highest BCUT2D eigenvalue weighted by molar-refractivity contribution is 6.36. The lowest BCUT2D eigenvalue weighted by Gasteiger charge is -2.11. The van der Waals surface area contributed by atoms with Crippen molar-refractivity contribution in [1.82, 2.24) is 0 Å². The van der Waals surface area contributed by atoms with E-state index in [1.165, 1.54) is 30.5 Å². The van der Waals surface area contributed by atoms with E-state index in [4.69, 9.17) is 13.3 Å². The molecular formula is C15H25FO3Si. The molecule has 0 aliphatic rings. The Morgan fingerprint density at radius 1 is 0.900 bits per heavy atom. The molecular weight excluding hydrogens is 275 g/mol. The number of unbranched alkanes of at least 4 members (excludes halogenated alkanes) is 4. The van der Waals surface area contributed by atoms with Gasteiger partial charge in [-0.3, -0.25) is 0 Å². The second-order valence-electron chi connectivity index (χ2n) is 4.78. The molecule has 20 heavy (non-hydrogen) atoms. The first-order valence-corrected chi connectivity index (χ1v) is 8.59. The minimum Gasteiger partial charge on any atom is -0.379 e. The van der Waals surface area contributed by atoms with Gasteiger partial charge in [-0.05, 0) is 37.0 Å². The van der Waals surface area contributed by atoms with Gasteiger partial charge in [0.25, 0.3) is 0 Å². The summed E-state index contributed by atoms with van der Waals surface area (Å²) in [7, 11) is 1.41. The molecule has 0 spiro atoms. The lowest BCUT2D eigenvalue weighted by atomic mass is 10.1. The fraction of sp³-hybridized carbons (Fsp3) is 0.600. The first-order valence-electron chi connectivity index (χ1n) is 7.18. The molecule has 0 saturated heterocycles. The zero-order valence-electron chi connectivity index (χ0n) is 12.4. The van der Waals surface area contributed by atoms with E-state index in [9.17, 15) is 4.39 Å². The van der Waals surface area contributed by atoms with Gasteiger partial charge in [-0.25, -0.2) is 4.39 Å². The second-order valence-corrected chi connectivity index (χ2v) is 6.63. The molecule has 0 fully saturated rings. The Hall–Kier alpha value is -0.753. The van der Waals surface area contributed by atoms with Crippen molar-refractivity contribution in [1.29, 1.82) is 0 Å². The van der Waals surface area contributed by atoms with Crippen LogP contribution in [0.3, 0.4) is 0 Å². The van der Waals surface area contributed by atoms with E-state index in [2.05, 4.69) is 0 Å². The van der Waals surface area contributed by atoms with Gasteiger partial charge in [-0.1, -0.05) is 31.4 Å². The van der Waals surface area contributed by atoms with Gasteiger partial charge >= 0.3 is 9.53 Å². The van der Waals surface area contributed by atoms with Gasteiger partial charge in [0.2, 0.25) is 0 Å². The number of rotatable bonds is 11. The second kappa shape index (κ2) is 11.0. The summed E-state index contributed by atoms with van der Waals surface area (Å²) in [6.07, 6.45) is 6.80. The van der Waals surface area contributed by atoms with Crippen LogP contribution >= 0.6 is 0 Å². The molecule has 1 aromatic rings. The molecule has 5 heteroatoms. The highest BCUT2D eigenvalue weighted by Crippen LogP contribution is 2.10. The Bertz CT molecular complexity index is 341. The summed E-state index contributed by atoms with van der Waals surface area (Å²) >= 11 is 0. The minimum atomic E-state index is -1.83. The summed E-state index contributed by atoms with van der Waals surface area (Å²) < 4.78 is 28.4. The molecule has 0 radical (unpaired) electrons. The van der Waals surface area contributed by atoms with Gasteiger partial charge in [0, 0.05) is 20.8 Å². The number of hydrogen-bond donors (Lipinski definition) is 0. The number of benzene rings is 1. The predicted octanol–water partition coefficient (Wildman–Crippen LogP) is 3.35. The van der Waals surface area contributed by atoms with Gasteiger partial charge in [0.15, 0.2) is 0 Å². The third-order valence-electron chi connectivity index (χ3n) is 3.16. The summed E-state index contributed by atoms with van der Waals surface area (Å²) in [5.74, 6) is -0.164. The van der Waals surface area contributed by atoms with Crippen LogP contribution in [0.2, 0.25) is 0 Å². The van der Waals surface area contributed by atoms with Gasteiger partial charge in [0.05, 0.1) is 0 Å². The third kappa shape index (κ3) is 7.74. The lowest BCUT2D eigenvalue weighted by molar-refractivity contribution is 0.133. The maximum Gasteiger partial charge on any atom is 0.483 e. The molecule has 0 bridgehead atoms. The Kier molecular flexibility index (Phi) is 9.49. The maximum atomic E-state index is 12.7. The van der Waals surface area contributed by atoms with Crippen molar-refractivity contribution in [2.24, 2.45) is 0 Å². The third-order valence-corrected chi connectivity index (χ3v) is 4.44. The van der Waals surface area contributed by atoms with Crippen LogP contribution < -0.4 is 0 Å². The van der Waals surface area contributed by atoms with Crippen molar-refractivity contribution in [2.45, 2.75) is 38.5 Å². The number of aryl methyl sites for hydroxylation is 1. The van der Waals surface area contributed by atoms with Crippen LogP contribution in [-0.2, 0) is 19.7 Å². The van der Waals surface area contributed by atoms with Crippen LogP contribution in [0.5, 0.6) is 0 Å². The molecule has 3 nitrogen and oxygen atoms in total.